The third kappa shape index (κ3) is 4.61. The lowest BCUT2D eigenvalue weighted by Crippen LogP contribution is -2.22. The molecule has 2 rings (SSSR count). The van der Waals surface area contributed by atoms with E-state index >= 15 is 0 Å². The molecule has 108 valence electrons. The van der Waals surface area contributed by atoms with Crippen molar-refractivity contribution in [3.63, 3.8) is 0 Å². The predicted molar refractivity (Wildman–Crippen MR) is 76.5 cm³/mol. The average molecular weight is 304 g/mol. The molecule has 0 aromatic heterocycles. The molecule has 0 fully saturated rings. The first-order chi connectivity index (χ1) is 10.0. The maximum atomic E-state index is 12.7. The first-order valence-corrected chi connectivity index (χ1v) is 7.03. The van der Waals surface area contributed by atoms with Crippen LogP contribution in [0, 0.1) is 5.82 Å². The van der Waals surface area contributed by atoms with Crippen LogP contribution in [0.2, 0.25) is 0 Å². The van der Waals surface area contributed by atoms with Crippen molar-refractivity contribution in [1.29, 1.82) is 0 Å². The van der Waals surface area contributed by atoms with Gasteiger partial charge in [0.25, 0.3) is 0 Å². The van der Waals surface area contributed by atoms with E-state index in [1.807, 2.05) is 0 Å². The van der Waals surface area contributed by atoms with E-state index in [9.17, 15) is 19.1 Å². The van der Waals surface area contributed by atoms with Crippen molar-refractivity contribution in [2.75, 3.05) is 11.1 Å². The van der Waals surface area contributed by atoms with Crippen LogP contribution < -0.4 is 10.4 Å². The van der Waals surface area contributed by atoms with E-state index in [1.165, 1.54) is 42.1 Å². The Morgan fingerprint density at radius 1 is 1.14 bits per heavy atom. The largest absolute Gasteiger partial charge is 0.545 e. The number of aromatic carboxylic acids is 1. The zero-order valence-corrected chi connectivity index (χ0v) is 11.7. The van der Waals surface area contributed by atoms with Gasteiger partial charge in [-0.1, -0.05) is 12.1 Å². The summed E-state index contributed by atoms with van der Waals surface area (Å²) in [6.07, 6.45) is 0. The van der Waals surface area contributed by atoms with Gasteiger partial charge in [-0.3, -0.25) is 4.79 Å². The van der Waals surface area contributed by atoms with Gasteiger partial charge in [0.2, 0.25) is 5.91 Å². The minimum atomic E-state index is -1.30. The number of thioether (sulfide) groups is 1. The van der Waals surface area contributed by atoms with Gasteiger partial charge >= 0.3 is 0 Å². The molecule has 0 aliphatic rings. The summed E-state index contributed by atoms with van der Waals surface area (Å²) in [5.74, 6) is -1.77. The first-order valence-electron chi connectivity index (χ1n) is 6.04. The van der Waals surface area contributed by atoms with Crippen molar-refractivity contribution < 1.29 is 19.1 Å². The van der Waals surface area contributed by atoms with Crippen molar-refractivity contribution in [3.8, 4) is 0 Å². The highest BCUT2D eigenvalue weighted by atomic mass is 32.2. The third-order valence-electron chi connectivity index (χ3n) is 2.57. The van der Waals surface area contributed by atoms with Crippen LogP contribution in [0.5, 0.6) is 0 Å². The standard InChI is InChI=1S/C15H12FNO3S/c16-11-4-6-13(7-5-11)21-9-14(18)17-12-3-1-2-10(8-12)15(19)20/h1-8H,9H2,(H,17,18)(H,19,20)/p-1. The van der Waals surface area contributed by atoms with Crippen molar-refractivity contribution in [1.82, 2.24) is 0 Å². The maximum Gasteiger partial charge on any atom is 0.234 e. The van der Waals surface area contributed by atoms with Gasteiger partial charge in [-0.25, -0.2) is 4.39 Å². The summed E-state index contributed by atoms with van der Waals surface area (Å²) in [5, 5.41) is 13.3. The fourth-order valence-electron chi connectivity index (χ4n) is 1.60. The van der Waals surface area contributed by atoms with E-state index in [0.717, 1.165) is 4.90 Å². The number of amides is 1. The second kappa shape index (κ2) is 6.90. The molecule has 21 heavy (non-hydrogen) atoms. The third-order valence-corrected chi connectivity index (χ3v) is 3.58. The minimum absolute atomic E-state index is 0.000937. The average Bonchev–Trinajstić information content (AvgIpc) is 2.47. The van der Waals surface area contributed by atoms with Gasteiger partial charge in [0.1, 0.15) is 5.82 Å². The quantitative estimate of drug-likeness (QED) is 0.857. The van der Waals surface area contributed by atoms with Crippen molar-refractivity contribution in [2.24, 2.45) is 0 Å². The van der Waals surface area contributed by atoms with Gasteiger partial charge < -0.3 is 15.2 Å². The molecule has 4 nitrogen and oxygen atoms in total. The molecule has 2 aromatic carbocycles. The molecular formula is C15H11FNO3S-. The number of rotatable bonds is 5. The number of benzene rings is 2. The fourth-order valence-corrected chi connectivity index (χ4v) is 2.30. The molecule has 1 N–H and O–H groups in total. The Morgan fingerprint density at radius 3 is 2.52 bits per heavy atom. The molecule has 6 heteroatoms. The number of nitrogens with one attached hydrogen (secondary N) is 1. The summed E-state index contributed by atoms with van der Waals surface area (Å²) in [4.78, 5) is 23.3. The van der Waals surface area contributed by atoms with Crippen LogP contribution in [-0.2, 0) is 4.79 Å². The number of carbonyl (C=O) groups is 2. The Kier molecular flexibility index (Phi) is 4.94. The fraction of sp³-hybridized carbons (Fsp3) is 0.0667. The summed E-state index contributed by atoms with van der Waals surface area (Å²) in [6.45, 7) is 0. The van der Waals surface area contributed by atoms with Gasteiger partial charge in [-0.15, -0.1) is 11.8 Å². The number of carbonyl (C=O) groups excluding carboxylic acids is 2. The number of carboxylic acids is 1. The first kappa shape index (κ1) is 15.1. The number of hydrogen-bond donors (Lipinski definition) is 1. The molecule has 0 radical (unpaired) electrons. The summed E-state index contributed by atoms with van der Waals surface area (Å²) in [7, 11) is 0. The van der Waals surface area contributed by atoms with E-state index in [1.54, 1.807) is 18.2 Å². The highest BCUT2D eigenvalue weighted by Crippen LogP contribution is 2.18. The van der Waals surface area contributed by atoms with Crippen molar-refractivity contribution in [2.45, 2.75) is 4.90 Å². The molecule has 0 aliphatic heterocycles. The molecule has 0 bridgehead atoms. The Balaban J connectivity index is 1.91. The van der Waals surface area contributed by atoms with Gasteiger partial charge in [-0.05, 0) is 42.0 Å². The normalized spacial score (nSPS) is 10.1. The summed E-state index contributed by atoms with van der Waals surface area (Å²) in [6, 6.07) is 11.6. The second-order valence-corrected chi connectivity index (χ2v) is 5.21. The van der Waals surface area contributed by atoms with E-state index in [4.69, 9.17) is 0 Å². The van der Waals surface area contributed by atoms with Crippen LogP contribution >= 0.6 is 11.8 Å². The molecule has 1 amide bonds. The van der Waals surface area contributed by atoms with E-state index in [0.29, 0.717) is 5.69 Å². The highest BCUT2D eigenvalue weighted by molar-refractivity contribution is 8.00. The molecule has 0 heterocycles. The zero-order chi connectivity index (χ0) is 15.2. The SMILES string of the molecule is O=C(CSc1ccc(F)cc1)Nc1cccc(C(=O)[O-])c1. The molecule has 0 spiro atoms. The van der Waals surface area contributed by atoms with Gasteiger partial charge in [0.15, 0.2) is 0 Å². The van der Waals surface area contributed by atoms with Crippen LogP contribution in [0.3, 0.4) is 0 Å². The van der Waals surface area contributed by atoms with Crippen LogP contribution in [0.15, 0.2) is 53.4 Å². The highest BCUT2D eigenvalue weighted by Gasteiger charge is 2.05. The molecule has 0 aliphatic carbocycles. The molecular weight excluding hydrogens is 293 g/mol. The molecule has 0 saturated carbocycles. The molecule has 2 aromatic rings. The number of carboxylic acid groups (broad SMARTS) is 1. The van der Waals surface area contributed by atoms with E-state index in [-0.39, 0.29) is 23.0 Å². The minimum Gasteiger partial charge on any atom is -0.545 e. The van der Waals surface area contributed by atoms with Crippen molar-refractivity contribution in [3.05, 3.63) is 59.9 Å². The maximum absolute atomic E-state index is 12.7. The lowest BCUT2D eigenvalue weighted by atomic mass is 10.2. The second-order valence-electron chi connectivity index (χ2n) is 4.16. The van der Waals surface area contributed by atoms with Crippen molar-refractivity contribution >= 4 is 29.3 Å². The zero-order valence-electron chi connectivity index (χ0n) is 10.8. The smallest absolute Gasteiger partial charge is 0.234 e. The Bertz CT molecular complexity index is 658. The molecule has 0 unspecified atom stereocenters. The number of anilines is 1. The van der Waals surface area contributed by atoms with E-state index < -0.39 is 5.97 Å². The predicted octanol–water partition coefficient (Wildman–Crippen LogP) is 1.92. The number of halogens is 1. The summed E-state index contributed by atoms with van der Waals surface area (Å²) >= 11 is 1.26. The Morgan fingerprint density at radius 2 is 1.86 bits per heavy atom. The van der Waals surface area contributed by atoms with Gasteiger partial charge in [-0.2, -0.15) is 0 Å². The topological polar surface area (TPSA) is 69.2 Å². The monoisotopic (exact) mass is 304 g/mol. The van der Waals surface area contributed by atoms with Gasteiger partial charge in [0.05, 0.1) is 11.7 Å². The van der Waals surface area contributed by atoms with Crippen LogP contribution in [0.1, 0.15) is 10.4 Å². The van der Waals surface area contributed by atoms with E-state index in [2.05, 4.69) is 5.32 Å². The molecule has 0 atom stereocenters. The Labute approximate surface area is 125 Å². The summed E-state index contributed by atoms with van der Waals surface area (Å²) < 4.78 is 12.7. The lowest BCUT2D eigenvalue weighted by molar-refractivity contribution is -0.255. The molecule has 0 saturated heterocycles. The van der Waals surface area contributed by atoms with Crippen LogP contribution in [-0.4, -0.2) is 17.6 Å². The Hall–Kier alpha value is -2.34. The van der Waals surface area contributed by atoms with Crippen LogP contribution in [0.4, 0.5) is 10.1 Å². The summed E-state index contributed by atoms with van der Waals surface area (Å²) in [5.41, 5.74) is 0.389. The van der Waals surface area contributed by atoms with Crippen LogP contribution in [0.25, 0.3) is 0 Å². The van der Waals surface area contributed by atoms with Gasteiger partial charge in [0, 0.05) is 10.6 Å². The number of hydrogen-bond acceptors (Lipinski definition) is 4. The lowest BCUT2D eigenvalue weighted by Gasteiger charge is -2.08.